The third-order valence-corrected chi connectivity index (χ3v) is 4.27. The molecule has 2 rings (SSSR count). The van der Waals surface area contributed by atoms with E-state index in [9.17, 15) is 13.2 Å². The number of hydrogen-bond donors (Lipinski definition) is 1. The molecular weight excluding hydrogens is 228 g/mol. The highest BCUT2D eigenvalue weighted by Gasteiger charge is 2.26. The summed E-state index contributed by atoms with van der Waals surface area (Å²) in [6, 6.07) is 6.50. The van der Waals surface area contributed by atoms with Gasteiger partial charge in [0.05, 0.1) is 10.6 Å². The zero-order chi connectivity index (χ0) is 11.8. The smallest absolute Gasteiger partial charge is 0.328 e. The zero-order valence-electron chi connectivity index (χ0n) is 8.38. The molecule has 1 aromatic rings. The highest BCUT2D eigenvalue weighted by molar-refractivity contribution is 7.91. The number of aliphatic carboxylic acids is 1. The Labute approximate surface area is 93.1 Å². The summed E-state index contributed by atoms with van der Waals surface area (Å²) in [6.07, 6.45) is 1.33. The van der Waals surface area contributed by atoms with Crippen LogP contribution in [0.5, 0.6) is 0 Å². The van der Waals surface area contributed by atoms with Crippen molar-refractivity contribution in [3.05, 3.63) is 35.9 Å². The lowest BCUT2D eigenvalue weighted by molar-refractivity contribution is -0.131. The fourth-order valence-corrected chi connectivity index (χ4v) is 3.32. The van der Waals surface area contributed by atoms with E-state index in [4.69, 9.17) is 5.11 Å². The van der Waals surface area contributed by atoms with Crippen molar-refractivity contribution in [2.45, 2.75) is 11.3 Å². The molecule has 1 aliphatic heterocycles. The SMILES string of the molecule is O=C(O)/C=C1\CCS(=O)(=O)c2ccccc21. The van der Waals surface area contributed by atoms with Crippen LogP contribution in [0.2, 0.25) is 0 Å². The van der Waals surface area contributed by atoms with Crippen molar-refractivity contribution in [1.29, 1.82) is 0 Å². The first-order valence-electron chi connectivity index (χ1n) is 4.76. The molecule has 1 aliphatic rings. The van der Waals surface area contributed by atoms with Crippen molar-refractivity contribution in [3.8, 4) is 0 Å². The van der Waals surface area contributed by atoms with E-state index in [1.54, 1.807) is 18.2 Å². The molecule has 16 heavy (non-hydrogen) atoms. The van der Waals surface area contributed by atoms with Gasteiger partial charge in [0.25, 0.3) is 0 Å². The molecule has 0 spiro atoms. The Morgan fingerprint density at radius 1 is 1.31 bits per heavy atom. The zero-order valence-corrected chi connectivity index (χ0v) is 9.20. The number of carboxylic acids is 1. The van der Waals surface area contributed by atoms with Crippen LogP contribution in [0.1, 0.15) is 12.0 Å². The van der Waals surface area contributed by atoms with Gasteiger partial charge in [-0.3, -0.25) is 0 Å². The molecule has 0 fully saturated rings. The lowest BCUT2D eigenvalue weighted by Gasteiger charge is -2.18. The Bertz CT molecular complexity index is 569. The van der Waals surface area contributed by atoms with Crippen molar-refractivity contribution >= 4 is 21.4 Å². The maximum absolute atomic E-state index is 11.7. The highest BCUT2D eigenvalue weighted by atomic mass is 32.2. The van der Waals surface area contributed by atoms with E-state index >= 15 is 0 Å². The molecule has 0 bridgehead atoms. The predicted molar refractivity (Wildman–Crippen MR) is 58.7 cm³/mol. The number of sulfone groups is 1. The molecule has 1 N–H and O–H groups in total. The van der Waals surface area contributed by atoms with E-state index in [0.717, 1.165) is 6.08 Å². The second-order valence-corrected chi connectivity index (χ2v) is 5.65. The summed E-state index contributed by atoms with van der Waals surface area (Å²) in [5.41, 5.74) is 1.08. The van der Waals surface area contributed by atoms with Gasteiger partial charge >= 0.3 is 5.97 Å². The van der Waals surface area contributed by atoms with Crippen LogP contribution in [0, 0.1) is 0 Å². The fraction of sp³-hybridized carbons (Fsp3) is 0.182. The summed E-state index contributed by atoms with van der Waals surface area (Å²) in [5, 5.41) is 8.70. The Hall–Kier alpha value is -1.62. The van der Waals surface area contributed by atoms with Gasteiger partial charge in [-0.1, -0.05) is 18.2 Å². The van der Waals surface area contributed by atoms with E-state index in [-0.39, 0.29) is 17.1 Å². The number of fused-ring (bicyclic) bond motifs is 1. The Kier molecular flexibility index (Phi) is 2.55. The van der Waals surface area contributed by atoms with Gasteiger partial charge in [-0.25, -0.2) is 13.2 Å². The normalized spacial score (nSPS) is 20.4. The largest absolute Gasteiger partial charge is 0.478 e. The molecule has 0 saturated heterocycles. The van der Waals surface area contributed by atoms with Gasteiger partial charge in [-0.15, -0.1) is 0 Å². The summed E-state index contributed by atoms with van der Waals surface area (Å²) in [4.78, 5) is 10.8. The lowest BCUT2D eigenvalue weighted by atomic mass is 10.0. The van der Waals surface area contributed by atoms with Crippen molar-refractivity contribution in [3.63, 3.8) is 0 Å². The minimum atomic E-state index is -3.24. The topological polar surface area (TPSA) is 71.4 Å². The molecule has 0 aromatic heterocycles. The average Bonchev–Trinajstić information content (AvgIpc) is 2.23. The van der Waals surface area contributed by atoms with E-state index in [1.807, 2.05) is 0 Å². The van der Waals surface area contributed by atoms with E-state index in [2.05, 4.69) is 0 Å². The number of carbonyl (C=O) groups is 1. The summed E-state index contributed by atoms with van der Waals surface area (Å²) in [7, 11) is -3.24. The van der Waals surface area contributed by atoms with Gasteiger partial charge in [-0.2, -0.15) is 0 Å². The van der Waals surface area contributed by atoms with Crippen LogP contribution >= 0.6 is 0 Å². The molecule has 5 heteroatoms. The molecule has 1 heterocycles. The monoisotopic (exact) mass is 238 g/mol. The van der Waals surface area contributed by atoms with Crippen molar-refractivity contribution in [2.24, 2.45) is 0 Å². The molecule has 0 radical (unpaired) electrons. The molecule has 0 amide bonds. The van der Waals surface area contributed by atoms with E-state index in [1.165, 1.54) is 6.07 Å². The maximum atomic E-state index is 11.7. The number of carboxylic acid groups (broad SMARTS) is 1. The molecule has 1 aromatic carbocycles. The minimum Gasteiger partial charge on any atom is -0.478 e. The second-order valence-electron chi connectivity index (χ2n) is 3.57. The molecular formula is C11H10O4S. The standard InChI is InChI=1S/C11H10O4S/c12-11(13)7-8-5-6-16(14,15)10-4-2-1-3-9(8)10/h1-4,7H,5-6H2,(H,12,13)/b8-7+. The molecule has 84 valence electrons. The van der Waals surface area contributed by atoms with E-state index in [0.29, 0.717) is 11.1 Å². The van der Waals surface area contributed by atoms with Crippen LogP contribution in [0.25, 0.3) is 5.57 Å². The number of hydrogen-bond acceptors (Lipinski definition) is 3. The third kappa shape index (κ3) is 1.86. The highest BCUT2D eigenvalue weighted by Crippen LogP contribution is 2.32. The van der Waals surface area contributed by atoms with Crippen LogP contribution in [0.4, 0.5) is 0 Å². The predicted octanol–water partition coefficient (Wildman–Crippen LogP) is 1.33. The van der Waals surface area contributed by atoms with Crippen LogP contribution in [0.3, 0.4) is 0 Å². The number of benzene rings is 1. The number of rotatable bonds is 1. The second kappa shape index (κ2) is 3.75. The molecule has 0 aliphatic carbocycles. The van der Waals surface area contributed by atoms with Crippen molar-refractivity contribution in [2.75, 3.05) is 5.75 Å². The first-order chi connectivity index (χ1) is 7.50. The lowest BCUT2D eigenvalue weighted by Crippen LogP contribution is -2.15. The Balaban J connectivity index is 2.65. The van der Waals surface area contributed by atoms with Crippen LogP contribution in [0.15, 0.2) is 35.2 Å². The molecule has 4 nitrogen and oxygen atoms in total. The Morgan fingerprint density at radius 2 is 2.00 bits per heavy atom. The van der Waals surface area contributed by atoms with Gasteiger partial charge in [0.15, 0.2) is 9.84 Å². The van der Waals surface area contributed by atoms with Gasteiger partial charge in [0.1, 0.15) is 0 Å². The van der Waals surface area contributed by atoms with Crippen molar-refractivity contribution < 1.29 is 18.3 Å². The minimum absolute atomic E-state index is 0.0247. The van der Waals surface area contributed by atoms with Gasteiger partial charge in [-0.05, 0) is 23.6 Å². The summed E-state index contributed by atoms with van der Waals surface area (Å²) < 4.78 is 23.5. The molecule has 0 atom stereocenters. The molecule has 0 saturated carbocycles. The maximum Gasteiger partial charge on any atom is 0.328 e. The van der Waals surface area contributed by atoms with Crippen LogP contribution in [-0.4, -0.2) is 25.2 Å². The first-order valence-corrected chi connectivity index (χ1v) is 6.41. The number of allylic oxidation sites excluding steroid dienone is 1. The van der Waals surface area contributed by atoms with Gasteiger partial charge < -0.3 is 5.11 Å². The van der Waals surface area contributed by atoms with Crippen LogP contribution in [-0.2, 0) is 14.6 Å². The average molecular weight is 238 g/mol. The van der Waals surface area contributed by atoms with Crippen LogP contribution < -0.4 is 0 Å². The quantitative estimate of drug-likeness (QED) is 0.749. The summed E-state index contributed by atoms with van der Waals surface area (Å²) in [5.74, 6) is -1.08. The van der Waals surface area contributed by atoms with Gasteiger partial charge in [0.2, 0.25) is 0 Å². The fourth-order valence-electron chi connectivity index (χ4n) is 1.79. The third-order valence-electron chi connectivity index (χ3n) is 2.51. The summed E-state index contributed by atoms with van der Waals surface area (Å²) in [6.45, 7) is 0. The summed E-state index contributed by atoms with van der Waals surface area (Å²) >= 11 is 0. The first kappa shape index (κ1) is 10.9. The Morgan fingerprint density at radius 3 is 2.69 bits per heavy atom. The van der Waals surface area contributed by atoms with Gasteiger partial charge in [0, 0.05) is 6.08 Å². The van der Waals surface area contributed by atoms with E-state index < -0.39 is 15.8 Å². The van der Waals surface area contributed by atoms with Crippen molar-refractivity contribution in [1.82, 2.24) is 0 Å². The molecule has 0 unspecified atom stereocenters.